The molecule has 2 rings (SSSR count). The summed E-state index contributed by atoms with van der Waals surface area (Å²) in [7, 11) is 0. The van der Waals surface area contributed by atoms with Crippen molar-refractivity contribution >= 4 is 0 Å². The van der Waals surface area contributed by atoms with E-state index in [-0.39, 0.29) is 13.2 Å². The molecule has 10 atom stereocenters. The SMILES string of the molecule is CCCCCCCCC/C=C\CCCCCCCCOCC(COCCCCCCCC/C=C\CCCCCCCCC)O[C@@H]1OC(CO)C(O[C@H]2OC(CO)C(O)[C@H](O)[C@@H]2O)[C@H](O)[C@@H]1O. The van der Waals surface area contributed by atoms with Gasteiger partial charge in [-0.25, -0.2) is 0 Å². The highest BCUT2D eigenvalue weighted by Crippen LogP contribution is 2.30. The smallest absolute Gasteiger partial charge is 0.187 e. The Labute approximate surface area is 401 Å². The van der Waals surface area contributed by atoms with Crippen LogP contribution in [0.5, 0.6) is 0 Å². The van der Waals surface area contributed by atoms with E-state index in [0.29, 0.717) is 13.2 Å². The second-order valence-corrected chi connectivity index (χ2v) is 19.0. The molecular formula is C53H100O13. The van der Waals surface area contributed by atoms with Crippen LogP contribution >= 0.6 is 0 Å². The lowest BCUT2D eigenvalue weighted by Crippen LogP contribution is -2.65. The number of hydrogen-bond acceptors (Lipinski definition) is 13. The Morgan fingerprint density at radius 3 is 1.18 bits per heavy atom. The number of aliphatic hydroxyl groups excluding tert-OH is 7. The summed E-state index contributed by atoms with van der Waals surface area (Å²) in [5.41, 5.74) is 0. The lowest BCUT2D eigenvalue weighted by Gasteiger charge is -2.46. The highest BCUT2D eigenvalue weighted by molar-refractivity contribution is 4.94. The summed E-state index contributed by atoms with van der Waals surface area (Å²) in [6, 6.07) is 0. The van der Waals surface area contributed by atoms with Gasteiger partial charge in [-0.3, -0.25) is 0 Å². The van der Waals surface area contributed by atoms with E-state index in [0.717, 1.165) is 51.4 Å². The first-order valence-electron chi connectivity index (χ1n) is 27.0. The molecule has 13 heteroatoms. The fraction of sp³-hybridized carbons (Fsp3) is 0.925. The van der Waals surface area contributed by atoms with Gasteiger partial charge in [0.15, 0.2) is 12.6 Å². The molecule has 2 saturated heterocycles. The van der Waals surface area contributed by atoms with Crippen LogP contribution in [0.4, 0.5) is 0 Å². The van der Waals surface area contributed by atoms with Crippen LogP contribution in [0.3, 0.4) is 0 Å². The van der Waals surface area contributed by atoms with Gasteiger partial charge in [0.2, 0.25) is 0 Å². The third-order valence-electron chi connectivity index (χ3n) is 13.0. The monoisotopic (exact) mass is 945 g/mol. The van der Waals surface area contributed by atoms with Crippen LogP contribution in [0.2, 0.25) is 0 Å². The predicted molar refractivity (Wildman–Crippen MR) is 261 cm³/mol. The minimum atomic E-state index is -1.74. The second-order valence-electron chi connectivity index (χ2n) is 19.0. The Bertz CT molecular complexity index is 1080. The van der Waals surface area contributed by atoms with Crippen molar-refractivity contribution in [1.82, 2.24) is 0 Å². The summed E-state index contributed by atoms with van der Waals surface area (Å²) in [4.78, 5) is 0. The average Bonchev–Trinajstić information content (AvgIpc) is 3.32. The molecule has 0 aliphatic carbocycles. The van der Waals surface area contributed by atoms with Crippen LogP contribution < -0.4 is 0 Å². The molecule has 0 bridgehead atoms. The molecule has 0 aromatic heterocycles. The predicted octanol–water partition coefficient (Wildman–Crippen LogP) is 8.88. The Morgan fingerprint density at radius 2 is 0.773 bits per heavy atom. The van der Waals surface area contributed by atoms with E-state index >= 15 is 0 Å². The van der Waals surface area contributed by atoms with Gasteiger partial charge in [-0.2, -0.15) is 0 Å². The molecule has 2 aliphatic heterocycles. The van der Waals surface area contributed by atoms with Gasteiger partial charge in [-0.05, 0) is 64.2 Å². The van der Waals surface area contributed by atoms with Gasteiger partial charge >= 0.3 is 0 Å². The molecule has 2 heterocycles. The van der Waals surface area contributed by atoms with E-state index in [4.69, 9.17) is 28.4 Å². The average molecular weight is 945 g/mol. The molecule has 4 unspecified atom stereocenters. The van der Waals surface area contributed by atoms with Crippen LogP contribution in [-0.4, -0.2) is 143 Å². The molecule has 2 aliphatic rings. The topological polar surface area (TPSA) is 197 Å². The molecule has 2 fully saturated rings. The molecule has 0 amide bonds. The zero-order valence-electron chi connectivity index (χ0n) is 41.7. The highest BCUT2D eigenvalue weighted by atomic mass is 16.7. The highest BCUT2D eigenvalue weighted by Gasteiger charge is 2.51. The van der Waals surface area contributed by atoms with Gasteiger partial charge in [-0.1, -0.05) is 167 Å². The van der Waals surface area contributed by atoms with Crippen LogP contribution in [-0.2, 0) is 28.4 Å². The van der Waals surface area contributed by atoms with Crippen molar-refractivity contribution < 1.29 is 64.2 Å². The second kappa shape index (κ2) is 41.7. The Kier molecular flexibility index (Phi) is 38.6. The first-order chi connectivity index (χ1) is 32.3. The van der Waals surface area contributed by atoms with Crippen LogP contribution in [0.25, 0.3) is 0 Å². The number of unbranched alkanes of at least 4 members (excludes halogenated alkanes) is 26. The van der Waals surface area contributed by atoms with Gasteiger partial charge in [0, 0.05) is 13.2 Å². The molecule has 390 valence electrons. The molecule has 13 nitrogen and oxygen atoms in total. The Hall–Kier alpha value is -1.04. The molecule has 7 N–H and O–H groups in total. The van der Waals surface area contributed by atoms with Crippen LogP contribution in [0.1, 0.15) is 206 Å². The first kappa shape index (κ1) is 61.1. The third-order valence-corrected chi connectivity index (χ3v) is 13.0. The number of aliphatic hydroxyl groups is 7. The van der Waals surface area contributed by atoms with Crippen molar-refractivity contribution in [2.75, 3.05) is 39.6 Å². The lowest BCUT2D eigenvalue weighted by molar-refractivity contribution is -0.364. The minimum Gasteiger partial charge on any atom is -0.394 e. The summed E-state index contributed by atoms with van der Waals surface area (Å²) in [6.45, 7) is 4.65. The first-order valence-corrected chi connectivity index (χ1v) is 27.0. The number of allylic oxidation sites excluding steroid dienone is 4. The van der Waals surface area contributed by atoms with Crippen molar-refractivity contribution in [3.8, 4) is 0 Å². The van der Waals surface area contributed by atoms with E-state index in [1.54, 1.807) is 0 Å². The van der Waals surface area contributed by atoms with E-state index in [9.17, 15) is 35.7 Å². The number of rotatable bonds is 44. The summed E-state index contributed by atoms with van der Waals surface area (Å²) >= 11 is 0. The Balaban J connectivity index is 1.73. The molecule has 0 aromatic rings. The molecular weight excluding hydrogens is 845 g/mol. The molecule has 0 radical (unpaired) electrons. The van der Waals surface area contributed by atoms with Crippen molar-refractivity contribution in [3.63, 3.8) is 0 Å². The molecule has 0 saturated carbocycles. The van der Waals surface area contributed by atoms with Gasteiger partial charge < -0.3 is 64.2 Å². The third kappa shape index (κ3) is 28.0. The fourth-order valence-corrected chi connectivity index (χ4v) is 8.67. The van der Waals surface area contributed by atoms with E-state index in [1.807, 2.05) is 0 Å². The van der Waals surface area contributed by atoms with Gasteiger partial charge in [0.1, 0.15) is 54.9 Å². The van der Waals surface area contributed by atoms with Crippen LogP contribution in [0, 0.1) is 0 Å². The number of hydrogen-bond donors (Lipinski definition) is 7. The molecule has 66 heavy (non-hydrogen) atoms. The van der Waals surface area contributed by atoms with E-state index < -0.39 is 80.7 Å². The molecule has 0 spiro atoms. The van der Waals surface area contributed by atoms with Crippen molar-refractivity contribution in [1.29, 1.82) is 0 Å². The van der Waals surface area contributed by atoms with Gasteiger partial charge in [-0.15, -0.1) is 0 Å². The summed E-state index contributed by atoms with van der Waals surface area (Å²) in [6.07, 6.45) is 30.8. The largest absolute Gasteiger partial charge is 0.394 e. The zero-order valence-corrected chi connectivity index (χ0v) is 41.7. The molecule has 0 aromatic carbocycles. The normalized spacial score (nSPS) is 26.2. The maximum absolute atomic E-state index is 11.2. The van der Waals surface area contributed by atoms with Gasteiger partial charge in [0.05, 0.1) is 26.4 Å². The van der Waals surface area contributed by atoms with E-state index in [2.05, 4.69) is 38.2 Å². The lowest BCUT2D eigenvalue weighted by atomic mass is 9.97. The quantitative estimate of drug-likeness (QED) is 0.0226. The number of ether oxygens (including phenoxy) is 6. The summed E-state index contributed by atoms with van der Waals surface area (Å²) in [5.74, 6) is 0. The standard InChI is InChI=1S/C53H100O13/c1-3-5-7-9-11-13-15-17-19-21-23-25-27-29-31-33-35-37-61-41-43(42-62-38-36-34-32-30-28-26-24-22-20-18-16-14-12-10-8-6-4-2)63-52-50(60)48(58)51(45(40-55)65-52)66-53-49(59)47(57)46(56)44(39-54)64-53/h19-22,43-60H,3-18,23-42H2,1-2H3/b21-19-,22-20-/t44?,45?,46?,47-,48+,49-,50-,51?,52+,53+/m0/s1. The maximum atomic E-state index is 11.2. The summed E-state index contributed by atoms with van der Waals surface area (Å²) < 4.78 is 35.3. The van der Waals surface area contributed by atoms with Crippen molar-refractivity contribution in [3.05, 3.63) is 24.3 Å². The minimum absolute atomic E-state index is 0.177. The maximum Gasteiger partial charge on any atom is 0.187 e. The summed E-state index contributed by atoms with van der Waals surface area (Å²) in [5, 5.41) is 73.0. The zero-order chi connectivity index (χ0) is 47.9. The fourth-order valence-electron chi connectivity index (χ4n) is 8.67. The Morgan fingerprint density at radius 1 is 0.409 bits per heavy atom. The van der Waals surface area contributed by atoms with Crippen molar-refractivity contribution in [2.45, 2.75) is 274 Å². The van der Waals surface area contributed by atoms with Crippen LogP contribution in [0.15, 0.2) is 24.3 Å². The van der Waals surface area contributed by atoms with Gasteiger partial charge in [0.25, 0.3) is 0 Å². The van der Waals surface area contributed by atoms with Crippen molar-refractivity contribution in [2.24, 2.45) is 0 Å². The van der Waals surface area contributed by atoms with E-state index in [1.165, 1.54) is 141 Å².